The SMILES string of the molecule is O=[N+]([O-])c1c(Cl)ncnc1Sc1ncn[nH]1. The van der Waals surface area contributed by atoms with Crippen LogP contribution in [0.5, 0.6) is 0 Å². The van der Waals surface area contributed by atoms with E-state index in [2.05, 4.69) is 25.1 Å². The Balaban J connectivity index is 2.40. The molecule has 0 fully saturated rings. The Morgan fingerprint density at radius 3 is 2.81 bits per heavy atom. The third kappa shape index (κ3) is 2.09. The highest BCUT2D eigenvalue weighted by molar-refractivity contribution is 7.99. The third-order valence-corrected chi connectivity index (χ3v) is 2.67. The number of nitrogens with one attached hydrogen (secondary N) is 1. The number of nitrogens with zero attached hydrogens (tertiary/aromatic N) is 5. The monoisotopic (exact) mass is 258 g/mol. The van der Waals surface area contributed by atoms with Gasteiger partial charge in [-0.15, -0.1) is 0 Å². The maximum absolute atomic E-state index is 10.8. The Kier molecular flexibility index (Phi) is 2.97. The van der Waals surface area contributed by atoms with Crippen LogP contribution in [0.3, 0.4) is 0 Å². The molecule has 2 aromatic rings. The zero-order valence-corrected chi connectivity index (χ0v) is 9.07. The van der Waals surface area contributed by atoms with E-state index in [1.54, 1.807) is 0 Å². The lowest BCUT2D eigenvalue weighted by atomic mass is 10.5. The summed E-state index contributed by atoms with van der Waals surface area (Å²) in [7, 11) is 0. The van der Waals surface area contributed by atoms with Gasteiger partial charge >= 0.3 is 5.69 Å². The predicted octanol–water partition coefficient (Wildman–Crippen LogP) is 1.31. The maximum Gasteiger partial charge on any atom is 0.338 e. The van der Waals surface area contributed by atoms with E-state index in [-0.39, 0.29) is 15.9 Å². The number of aromatic nitrogens is 5. The van der Waals surface area contributed by atoms with Gasteiger partial charge in [0.05, 0.1) is 4.92 Å². The van der Waals surface area contributed by atoms with E-state index in [0.717, 1.165) is 18.1 Å². The minimum absolute atomic E-state index is 0.113. The molecule has 0 radical (unpaired) electrons. The first-order chi connectivity index (χ1) is 7.68. The number of hydrogen-bond acceptors (Lipinski definition) is 7. The number of nitro groups is 1. The van der Waals surface area contributed by atoms with Crippen LogP contribution in [-0.2, 0) is 0 Å². The molecular formula is C6H3ClN6O2S. The van der Waals surface area contributed by atoms with Crippen molar-refractivity contribution < 1.29 is 4.92 Å². The first-order valence-corrected chi connectivity index (χ1v) is 5.06. The average Bonchev–Trinajstić information content (AvgIpc) is 2.70. The van der Waals surface area contributed by atoms with Gasteiger partial charge in [-0.25, -0.2) is 15.0 Å². The van der Waals surface area contributed by atoms with E-state index in [1.165, 1.54) is 6.33 Å². The van der Waals surface area contributed by atoms with Gasteiger partial charge in [0.15, 0.2) is 10.2 Å². The molecule has 16 heavy (non-hydrogen) atoms. The predicted molar refractivity (Wildman–Crippen MR) is 54.2 cm³/mol. The molecule has 82 valence electrons. The third-order valence-electron chi connectivity index (χ3n) is 1.51. The maximum atomic E-state index is 10.8. The van der Waals surface area contributed by atoms with Crippen molar-refractivity contribution in [1.82, 2.24) is 25.1 Å². The van der Waals surface area contributed by atoms with Crippen LogP contribution in [0.4, 0.5) is 5.69 Å². The van der Waals surface area contributed by atoms with Crippen molar-refractivity contribution in [3.05, 3.63) is 27.9 Å². The van der Waals surface area contributed by atoms with Crippen LogP contribution in [-0.4, -0.2) is 30.1 Å². The topological polar surface area (TPSA) is 110 Å². The highest BCUT2D eigenvalue weighted by atomic mass is 35.5. The van der Waals surface area contributed by atoms with Crippen LogP contribution in [0.25, 0.3) is 0 Å². The number of H-pyrrole nitrogens is 1. The molecule has 0 spiro atoms. The summed E-state index contributed by atoms with van der Waals surface area (Å²) in [5.41, 5.74) is -0.342. The van der Waals surface area contributed by atoms with Gasteiger partial charge in [-0.1, -0.05) is 11.6 Å². The molecule has 2 aromatic heterocycles. The molecule has 0 amide bonds. The minimum Gasteiger partial charge on any atom is -0.258 e. The molecule has 8 nitrogen and oxygen atoms in total. The summed E-state index contributed by atoms with van der Waals surface area (Å²) in [6.45, 7) is 0. The van der Waals surface area contributed by atoms with Gasteiger partial charge < -0.3 is 0 Å². The van der Waals surface area contributed by atoms with E-state index in [4.69, 9.17) is 11.6 Å². The van der Waals surface area contributed by atoms with Gasteiger partial charge in [0.25, 0.3) is 0 Å². The molecular weight excluding hydrogens is 256 g/mol. The lowest BCUT2D eigenvalue weighted by molar-refractivity contribution is -0.388. The number of rotatable bonds is 3. The molecule has 0 saturated carbocycles. The smallest absolute Gasteiger partial charge is 0.258 e. The number of hydrogen-bond donors (Lipinski definition) is 1. The summed E-state index contributed by atoms with van der Waals surface area (Å²) in [4.78, 5) is 21.2. The van der Waals surface area contributed by atoms with Crippen LogP contribution in [0.15, 0.2) is 22.8 Å². The molecule has 0 bridgehead atoms. The standard InChI is InChI=1S/C6H3ClN6O2S/c7-4-3(13(14)15)5(9-1-8-4)16-6-10-2-11-12-6/h1-2H,(H,10,11,12). The first-order valence-electron chi connectivity index (χ1n) is 3.86. The highest BCUT2D eigenvalue weighted by Gasteiger charge is 2.22. The first kappa shape index (κ1) is 10.8. The number of halogens is 1. The fourth-order valence-electron chi connectivity index (χ4n) is 0.906. The molecule has 0 aliphatic carbocycles. The Morgan fingerprint density at radius 2 is 2.19 bits per heavy atom. The zero-order chi connectivity index (χ0) is 11.5. The van der Waals surface area contributed by atoms with Crippen molar-refractivity contribution in [3.63, 3.8) is 0 Å². The molecule has 2 rings (SSSR count). The Hall–Kier alpha value is -1.74. The Labute approximate surface area is 97.6 Å². The van der Waals surface area contributed by atoms with Gasteiger partial charge in [-0.2, -0.15) is 5.10 Å². The molecule has 1 N–H and O–H groups in total. The van der Waals surface area contributed by atoms with Gasteiger partial charge in [-0.05, 0) is 11.8 Å². The van der Waals surface area contributed by atoms with E-state index in [0.29, 0.717) is 5.16 Å². The van der Waals surface area contributed by atoms with E-state index >= 15 is 0 Å². The molecule has 0 aliphatic rings. The molecule has 0 unspecified atom stereocenters. The molecule has 0 aliphatic heterocycles. The molecule has 0 atom stereocenters. The van der Waals surface area contributed by atoms with Crippen LogP contribution in [0.2, 0.25) is 5.15 Å². The van der Waals surface area contributed by atoms with E-state index < -0.39 is 4.92 Å². The normalized spacial score (nSPS) is 10.3. The van der Waals surface area contributed by atoms with Crippen molar-refractivity contribution in [2.45, 2.75) is 10.2 Å². The van der Waals surface area contributed by atoms with E-state index in [1.807, 2.05) is 0 Å². The molecule has 10 heteroatoms. The van der Waals surface area contributed by atoms with Crippen LogP contribution >= 0.6 is 23.4 Å². The fourth-order valence-corrected chi connectivity index (χ4v) is 1.91. The van der Waals surface area contributed by atoms with Crippen LogP contribution in [0.1, 0.15) is 0 Å². The summed E-state index contributed by atoms with van der Waals surface area (Å²) in [5.74, 6) is 0. The average molecular weight is 259 g/mol. The second kappa shape index (κ2) is 4.41. The van der Waals surface area contributed by atoms with Crippen molar-refractivity contribution in [1.29, 1.82) is 0 Å². The summed E-state index contributed by atoms with van der Waals surface area (Å²) in [6, 6.07) is 0. The largest absolute Gasteiger partial charge is 0.338 e. The van der Waals surface area contributed by atoms with Crippen molar-refractivity contribution in [2.24, 2.45) is 0 Å². The van der Waals surface area contributed by atoms with Gasteiger partial charge in [0.1, 0.15) is 12.7 Å². The van der Waals surface area contributed by atoms with Gasteiger partial charge in [0.2, 0.25) is 5.15 Å². The number of aromatic amines is 1. The molecule has 0 aromatic carbocycles. The lowest BCUT2D eigenvalue weighted by Crippen LogP contribution is -1.96. The summed E-state index contributed by atoms with van der Waals surface area (Å²) in [5, 5.41) is 17.2. The van der Waals surface area contributed by atoms with Gasteiger partial charge in [-0.3, -0.25) is 15.2 Å². The quantitative estimate of drug-likeness (QED) is 0.502. The summed E-state index contributed by atoms with van der Waals surface area (Å²) < 4.78 is 0. The Bertz CT molecular complexity index is 518. The van der Waals surface area contributed by atoms with Crippen molar-refractivity contribution >= 4 is 29.1 Å². The molecule has 2 heterocycles. The van der Waals surface area contributed by atoms with E-state index in [9.17, 15) is 10.1 Å². The van der Waals surface area contributed by atoms with Gasteiger partial charge in [0, 0.05) is 0 Å². The summed E-state index contributed by atoms with van der Waals surface area (Å²) >= 11 is 6.57. The molecule has 0 saturated heterocycles. The van der Waals surface area contributed by atoms with Crippen LogP contribution in [0, 0.1) is 10.1 Å². The Morgan fingerprint density at radius 1 is 1.38 bits per heavy atom. The zero-order valence-electron chi connectivity index (χ0n) is 7.49. The summed E-state index contributed by atoms with van der Waals surface area (Å²) in [6.07, 6.45) is 2.44. The second-order valence-corrected chi connectivity index (χ2v) is 3.80. The van der Waals surface area contributed by atoms with Crippen molar-refractivity contribution in [3.8, 4) is 0 Å². The van der Waals surface area contributed by atoms with Crippen LogP contribution < -0.4 is 0 Å². The second-order valence-electron chi connectivity index (χ2n) is 2.47. The minimum atomic E-state index is -0.638. The fraction of sp³-hybridized carbons (Fsp3) is 0. The highest BCUT2D eigenvalue weighted by Crippen LogP contribution is 2.34. The van der Waals surface area contributed by atoms with Crippen molar-refractivity contribution in [2.75, 3.05) is 0 Å². The lowest BCUT2D eigenvalue weighted by Gasteiger charge is -1.99.